The fraction of sp³-hybridized carbons (Fsp3) is 0.0345. The van der Waals surface area contributed by atoms with Crippen molar-refractivity contribution >= 4 is 28.9 Å². The summed E-state index contributed by atoms with van der Waals surface area (Å²) in [5.74, 6) is -0.850. The Bertz CT molecular complexity index is 1570. The number of benzene rings is 4. The van der Waals surface area contributed by atoms with E-state index in [-0.39, 0.29) is 5.69 Å². The van der Waals surface area contributed by atoms with Crippen LogP contribution in [0.15, 0.2) is 108 Å². The zero-order valence-electron chi connectivity index (χ0n) is 19.5. The first kappa shape index (κ1) is 22.7. The molecule has 0 atom stereocenters. The van der Waals surface area contributed by atoms with Crippen LogP contribution in [0.1, 0.15) is 26.4 Å². The number of para-hydroxylation sites is 1. The minimum atomic E-state index is -0.436. The second-order valence-corrected chi connectivity index (χ2v) is 8.04. The summed E-state index contributed by atoms with van der Waals surface area (Å²) in [4.78, 5) is 24.5. The molecule has 4 aromatic carbocycles. The molecule has 36 heavy (non-hydrogen) atoms. The Hall–Kier alpha value is -5.04. The van der Waals surface area contributed by atoms with Crippen LogP contribution in [0.3, 0.4) is 0 Å². The maximum atomic E-state index is 12.9. The summed E-state index contributed by atoms with van der Waals surface area (Å²) in [7, 11) is 1.33. The van der Waals surface area contributed by atoms with Gasteiger partial charge in [-0.15, -0.1) is 0 Å². The number of nitrogens with one attached hydrogen (secondary N) is 1. The molecule has 1 amide bonds. The second kappa shape index (κ2) is 10.1. The minimum absolute atomic E-state index is 0.236. The minimum Gasteiger partial charge on any atom is -0.465 e. The zero-order valence-corrected chi connectivity index (χ0v) is 19.5. The van der Waals surface area contributed by atoms with Crippen LogP contribution < -0.4 is 5.43 Å². The number of ether oxygens (including phenoxy) is 1. The van der Waals surface area contributed by atoms with Gasteiger partial charge >= 0.3 is 5.97 Å². The Labute approximate surface area is 207 Å². The molecule has 0 unspecified atom stereocenters. The van der Waals surface area contributed by atoms with Crippen molar-refractivity contribution in [2.24, 2.45) is 5.10 Å². The van der Waals surface area contributed by atoms with Crippen LogP contribution in [0.2, 0.25) is 0 Å². The Kier molecular flexibility index (Phi) is 6.36. The molecule has 0 aliphatic rings. The highest BCUT2D eigenvalue weighted by molar-refractivity contribution is 5.95. The molecule has 0 saturated heterocycles. The van der Waals surface area contributed by atoms with E-state index in [0.29, 0.717) is 5.56 Å². The lowest BCUT2D eigenvalue weighted by Crippen LogP contribution is -2.18. The van der Waals surface area contributed by atoms with Crippen molar-refractivity contribution in [3.8, 4) is 16.9 Å². The largest absolute Gasteiger partial charge is 0.465 e. The van der Waals surface area contributed by atoms with E-state index in [0.717, 1.165) is 33.3 Å². The van der Waals surface area contributed by atoms with Crippen LogP contribution in [-0.2, 0) is 4.74 Å². The summed E-state index contributed by atoms with van der Waals surface area (Å²) in [5, 5.41) is 10.9. The molecule has 7 nitrogen and oxygen atoms in total. The molecule has 0 fully saturated rings. The monoisotopic (exact) mass is 474 g/mol. The summed E-state index contributed by atoms with van der Waals surface area (Å²) in [6.07, 6.45) is 1.50. The average molecular weight is 475 g/mol. The van der Waals surface area contributed by atoms with Crippen LogP contribution in [0, 0.1) is 0 Å². The number of aromatic nitrogens is 2. The van der Waals surface area contributed by atoms with Gasteiger partial charge < -0.3 is 4.74 Å². The van der Waals surface area contributed by atoms with E-state index in [1.54, 1.807) is 35.0 Å². The number of hydrazone groups is 1. The summed E-state index contributed by atoms with van der Waals surface area (Å²) >= 11 is 0. The van der Waals surface area contributed by atoms with Gasteiger partial charge in [0, 0.05) is 5.56 Å². The third-order valence-corrected chi connectivity index (χ3v) is 5.70. The third kappa shape index (κ3) is 4.76. The van der Waals surface area contributed by atoms with Gasteiger partial charge in [0.15, 0.2) is 5.69 Å². The fourth-order valence-corrected chi connectivity index (χ4v) is 3.86. The lowest BCUT2D eigenvalue weighted by Gasteiger charge is -2.08. The van der Waals surface area contributed by atoms with Crippen molar-refractivity contribution in [3.63, 3.8) is 0 Å². The number of rotatable bonds is 6. The van der Waals surface area contributed by atoms with Crippen LogP contribution in [0.5, 0.6) is 0 Å². The molecule has 5 rings (SSSR count). The summed E-state index contributed by atoms with van der Waals surface area (Å²) in [6, 6.07) is 32.4. The molecule has 176 valence electrons. The molecule has 0 saturated carbocycles. The quantitative estimate of drug-likeness (QED) is 0.207. The van der Waals surface area contributed by atoms with Crippen molar-refractivity contribution in [3.05, 3.63) is 120 Å². The Balaban J connectivity index is 1.42. The van der Waals surface area contributed by atoms with E-state index in [4.69, 9.17) is 4.74 Å². The van der Waals surface area contributed by atoms with Gasteiger partial charge in [0.1, 0.15) is 0 Å². The first-order valence-electron chi connectivity index (χ1n) is 11.3. The number of amides is 1. The molecule has 0 spiro atoms. The number of carbonyl (C=O) groups is 2. The summed E-state index contributed by atoms with van der Waals surface area (Å²) in [6.45, 7) is 0. The standard InChI is InChI=1S/C29H22N4O3/c1-36-29(35)22-13-11-20(12-14-22)19-30-31-28(34)26-18-27(33(32-26)25-9-3-2-4-10-25)24-16-15-21-7-5-6-8-23(21)17-24/h2-19H,1H3,(H,31,34)/b30-19-. The predicted molar refractivity (Wildman–Crippen MR) is 139 cm³/mol. The molecule has 7 heteroatoms. The van der Waals surface area contributed by atoms with Gasteiger partial charge in [-0.2, -0.15) is 10.2 Å². The molecule has 5 aromatic rings. The van der Waals surface area contributed by atoms with E-state index in [2.05, 4.69) is 39.9 Å². The van der Waals surface area contributed by atoms with E-state index >= 15 is 0 Å². The normalized spacial score (nSPS) is 11.0. The molecule has 1 N–H and O–H groups in total. The lowest BCUT2D eigenvalue weighted by molar-refractivity contribution is 0.0600. The van der Waals surface area contributed by atoms with Crippen molar-refractivity contribution in [2.45, 2.75) is 0 Å². The van der Waals surface area contributed by atoms with Crippen LogP contribution >= 0.6 is 0 Å². The Morgan fingerprint density at radius 1 is 0.861 bits per heavy atom. The van der Waals surface area contributed by atoms with Gasteiger partial charge in [0.25, 0.3) is 5.91 Å². The van der Waals surface area contributed by atoms with Crippen LogP contribution in [0.25, 0.3) is 27.7 Å². The Morgan fingerprint density at radius 3 is 2.33 bits per heavy atom. The molecule has 0 radical (unpaired) electrons. The lowest BCUT2D eigenvalue weighted by atomic mass is 10.0. The Morgan fingerprint density at radius 2 is 1.58 bits per heavy atom. The SMILES string of the molecule is COC(=O)c1ccc(/C=N\NC(=O)c2cc(-c3ccc4ccccc4c3)n(-c3ccccc3)n2)cc1. The molecule has 0 bridgehead atoms. The number of fused-ring (bicyclic) bond motifs is 1. The molecular formula is C29H22N4O3. The van der Waals surface area contributed by atoms with Gasteiger partial charge in [-0.25, -0.2) is 14.9 Å². The number of esters is 1. The third-order valence-electron chi connectivity index (χ3n) is 5.70. The number of nitrogens with zero attached hydrogens (tertiary/aromatic N) is 3. The highest BCUT2D eigenvalue weighted by atomic mass is 16.5. The first-order chi connectivity index (χ1) is 17.6. The van der Waals surface area contributed by atoms with Gasteiger partial charge in [-0.05, 0) is 52.7 Å². The number of hydrogen-bond acceptors (Lipinski definition) is 5. The molecule has 0 aliphatic carbocycles. The summed E-state index contributed by atoms with van der Waals surface area (Å²) in [5.41, 5.74) is 6.50. The van der Waals surface area contributed by atoms with Gasteiger partial charge in [0.2, 0.25) is 0 Å². The topological polar surface area (TPSA) is 85.6 Å². The fourth-order valence-electron chi connectivity index (χ4n) is 3.86. The summed E-state index contributed by atoms with van der Waals surface area (Å²) < 4.78 is 6.45. The second-order valence-electron chi connectivity index (χ2n) is 8.04. The van der Waals surface area contributed by atoms with Crippen molar-refractivity contribution in [1.82, 2.24) is 15.2 Å². The molecular weight excluding hydrogens is 452 g/mol. The van der Waals surface area contributed by atoms with Crippen molar-refractivity contribution in [1.29, 1.82) is 0 Å². The maximum absolute atomic E-state index is 12.9. The zero-order chi connectivity index (χ0) is 24.9. The van der Waals surface area contributed by atoms with Gasteiger partial charge in [0.05, 0.1) is 30.3 Å². The van der Waals surface area contributed by atoms with Crippen molar-refractivity contribution < 1.29 is 14.3 Å². The van der Waals surface area contributed by atoms with E-state index in [1.165, 1.54) is 13.3 Å². The van der Waals surface area contributed by atoms with E-state index in [9.17, 15) is 9.59 Å². The van der Waals surface area contributed by atoms with E-state index < -0.39 is 11.9 Å². The molecule has 1 aromatic heterocycles. The maximum Gasteiger partial charge on any atom is 0.337 e. The van der Waals surface area contributed by atoms with Gasteiger partial charge in [-0.1, -0.05) is 66.7 Å². The first-order valence-corrected chi connectivity index (χ1v) is 11.3. The van der Waals surface area contributed by atoms with Crippen LogP contribution in [0.4, 0.5) is 0 Å². The smallest absolute Gasteiger partial charge is 0.337 e. The molecule has 0 aliphatic heterocycles. The highest BCUT2D eigenvalue weighted by Gasteiger charge is 2.17. The van der Waals surface area contributed by atoms with Crippen LogP contribution in [-0.4, -0.2) is 35.0 Å². The van der Waals surface area contributed by atoms with Crippen molar-refractivity contribution in [2.75, 3.05) is 7.11 Å². The highest BCUT2D eigenvalue weighted by Crippen LogP contribution is 2.27. The average Bonchev–Trinajstić information content (AvgIpc) is 3.39. The number of carbonyl (C=O) groups excluding carboxylic acids is 2. The van der Waals surface area contributed by atoms with Gasteiger partial charge in [-0.3, -0.25) is 4.79 Å². The van der Waals surface area contributed by atoms with E-state index in [1.807, 2.05) is 48.5 Å². The number of methoxy groups -OCH3 is 1. The molecule has 1 heterocycles. The number of hydrogen-bond donors (Lipinski definition) is 1. The predicted octanol–water partition coefficient (Wildman–Crippen LogP) is 5.24.